The van der Waals surface area contributed by atoms with Gasteiger partial charge in [-0.2, -0.15) is 5.26 Å². The van der Waals surface area contributed by atoms with Gasteiger partial charge in [-0.1, -0.05) is 73.8 Å². The number of piperazine rings is 1. The minimum Gasteiger partial charge on any atom is -0.394 e. The van der Waals surface area contributed by atoms with Gasteiger partial charge in [0.05, 0.1) is 54.2 Å². The summed E-state index contributed by atoms with van der Waals surface area (Å²) in [7, 11) is 4.22. The van der Waals surface area contributed by atoms with Gasteiger partial charge < -0.3 is 29.4 Å². The Morgan fingerprint density at radius 1 is 0.679 bits per heavy atom. The van der Waals surface area contributed by atoms with Crippen molar-refractivity contribution in [2.24, 2.45) is 11.8 Å². The Labute approximate surface area is 325 Å². The molecule has 2 atom stereocenters. The lowest BCUT2D eigenvalue weighted by molar-refractivity contribution is 0.0555. The summed E-state index contributed by atoms with van der Waals surface area (Å²) in [5.74, 6) is 1.10. The molecule has 0 aliphatic carbocycles. The van der Waals surface area contributed by atoms with Crippen LogP contribution in [-0.2, 0) is 4.74 Å². The number of anilines is 4. The van der Waals surface area contributed by atoms with E-state index >= 15 is 0 Å². The van der Waals surface area contributed by atoms with E-state index in [2.05, 4.69) is 137 Å². The van der Waals surface area contributed by atoms with Gasteiger partial charge in [0, 0.05) is 78.5 Å². The molecule has 3 heterocycles. The van der Waals surface area contributed by atoms with Gasteiger partial charge in [-0.15, -0.1) is 0 Å². The van der Waals surface area contributed by atoms with E-state index in [-0.39, 0.29) is 6.61 Å². The van der Waals surface area contributed by atoms with E-state index in [1.807, 2.05) is 23.9 Å². The van der Waals surface area contributed by atoms with Crippen molar-refractivity contribution in [3.8, 4) is 6.07 Å². The Morgan fingerprint density at radius 2 is 1.19 bits per heavy atom. The summed E-state index contributed by atoms with van der Waals surface area (Å²) in [4.78, 5) is 17.4. The van der Waals surface area contributed by atoms with Gasteiger partial charge in [0.2, 0.25) is 0 Å². The molecule has 0 spiro atoms. The van der Waals surface area contributed by atoms with Gasteiger partial charge >= 0.3 is 0 Å². The predicted octanol–water partition coefficient (Wildman–Crippen LogP) is 7.91. The lowest BCUT2D eigenvalue weighted by Gasteiger charge is -2.38. The topological polar surface area (TPSA) is 69.5 Å². The van der Waals surface area contributed by atoms with Gasteiger partial charge in [0.15, 0.2) is 0 Å². The number of hydrogen-bond acceptors (Lipinski definition) is 10. The molecule has 4 aromatic carbocycles. The molecule has 0 radical (unpaired) electrons. The molecule has 280 valence electrons. The fourth-order valence-electron chi connectivity index (χ4n) is 7.43. The molecule has 7 rings (SSSR count). The first kappa shape index (κ1) is 39.2. The quantitative estimate of drug-likeness (QED) is 0.137. The molecule has 0 bridgehead atoms. The van der Waals surface area contributed by atoms with Crippen molar-refractivity contribution in [2.75, 3.05) is 103 Å². The largest absolute Gasteiger partial charge is 0.394 e. The highest BCUT2D eigenvalue weighted by atomic mass is 32.2. The molecule has 10 heteroatoms. The first-order valence-corrected chi connectivity index (χ1v) is 20.5. The summed E-state index contributed by atoms with van der Waals surface area (Å²) in [5, 5.41) is 18.0. The normalized spacial score (nSPS) is 16.4. The SMILES string of the molecule is CC(CN(C)C)CN1c2ccccc2Sc2ccc(C#N)cc21.CC(CN1CCN(CCOCCO)CC1)CN1c2ccccc2Sc2ccccc21. The Kier molecular flexibility index (Phi) is 14.2. The van der Waals surface area contributed by atoms with Crippen LogP contribution in [0.25, 0.3) is 0 Å². The first-order chi connectivity index (χ1) is 25.8. The molecule has 8 nitrogen and oxygen atoms in total. The summed E-state index contributed by atoms with van der Waals surface area (Å²) in [6, 6.07) is 34.3. The van der Waals surface area contributed by atoms with Crippen molar-refractivity contribution in [3.05, 3.63) is 96.6 Å². The van der Waals surface area contributed by atoms with Crippen LogP contribution in [0.5, 0.6) is 0 Å². The Morgan fingerprint density at radius 3 is 1.74 bits per heavy atom. The van der Waals surface area contributed by atoms with Gasteiger partial charge in [0.1, 0.15) is 0 Å². The minimum absolute atomic E-state index is 0.107. The highest BCUT2D eigenvalue weighted by Gasteiger charge is 2.27. The van der Waals surface area contributed by atoms with Crippen molar-refractivity contribution >= 4 is 46.3 Å². The first-order valence-electron chi connectivity index (χ1n) is 18.8. The zero-order valence-corrected chi connectivity index (χ0v) is 33.3. The number of fused-ring (bicyclic) bond motifs is 4. The molecule has 0 amide bonds. The van der Waals surface area contributed by atoms with Crippen LogP contribution in [0.15, 0.2) is 111 Å². The average molecular weight is 751 g/mol. The van der Waals surface area contributed by atoms with Crippen molar-refractivity contribution < 1.29 is 9.84 Å². The van der Waals surface area contributed by atoms with Gasteiger partial charge in [-0.05, 0) is 80.5 Å². The molecule has 1 N–H and O–H groups in total. The highest BCUT2D eigenvalue weighted by molar-refractivity contribution is 8.00. The number of rotatable bonds is 13. The number of hydrogen-bond donors (Lipinski definition) is 1. The summed E-state index contributed by atoms with van der Waals surface area (Å²) >= 11 is 3.66. The Hall–Kier alpha value is -3.53. The third-order valence-corrected chi connectivity index (χ3v) is 12.0. The van der Waals surface area contributed by atoms with E-state index in [0.717, 1.165) is 64.6 Å². The lowest BCUT2D eigenvalue weighted by Crippen LogP contribution is -2.49. The number of benzene rings is 4. The lowest BCUT2D eigenvalue weighted by atomic mass is 10.1. The molecule has 53 heavy (non-hydrogen) atoms. The molecular formula is C43H54N6O2S2. The van der Waals surface area contributed by atoms with E-state index in [9.17, 15) is 5.26 Å². The fraction of sp³-hybridized carbons (Fsp3) is 0.419. The summed E-state index contributed by atoms with van der Waals surface area (Å²) in [6.07, 6.45) is 0. The third kappa shape index (κ3) is 10.4. The Balaban J connectivity index is 0.000000188. The van der Waals surface area contributed by atoms with Crippen molar-refractivity contribution in [3.63, 3.8) is 0 Å². The Bertz CT molecular complexity index is 1780. The molecule has 1 saturated heterocycles. The zero-order valence-electron chi connectivity index (χ0n) is 31.7. The number of nitriles is 1. The predicted molar refractivity (Wildman–Crippen MR) is 220 cm³/mol. The maximum Gasteiger partial charge on any atom is 0.0992 e. The number of nitrogens with zero attached hydrogens (tertiary/aromatic N) is 6. The number of aliphatic hydroxyl groups excluding tert-OH is 1. The molecule has 4 aromatic rings. The third-order valence-electron chi connectivity index (χ3n) is 9.77. The second kappa shape index (κ2) is 19.2. The minimum atomic E-state index is 0.107. The van der Waals surface area contributed by atoms with E-state index < -0.39 is 0 Å². The zero-order chi connectivity index (χ0) is 37.2. The van der Waals surface area contributed by atoms with Crippen LogP contribution in [0.2, 0.25) is 0 Å². The summed E-state index contributed by atoms with van der Waals surface area (Å²) < 4.78 is 5.41. The standard InChI is InChI=1S/C24H33N3O2S.C19H21N3S/c1-20(18-26-12-10-25(11-13-26)14-16-29-17-15-28)19-27-21-6-2-4-8-23(21)30-24-9-5-3-7-22(24)27;1-14(12-21(2)3)13-22-16-6-4-5-7-18(16)23-19-9-8-15(11-20)10-17(19)22/h2-9,20,28H,10-19H2,1H3;4-10,14H,12-13H2,1-3H3. The van der Waals surface area contributed by atoms with Gasteiger partial charge in [0.25, 0.3) is 0 Å². The maximum absolute atomic E-state index is 9.24. The van der Waals surface area contributed by atoms with Crippen LogP contribution in [0.4, 0.5) is 22.7 Å². The maximum atomic E-state index is 9.24. The molecule has 2 unspecified atom stereocenters. The average Bonchev–Trinajstić information content (AvgIpc) is 3.17. The second-order valence-electron chi connectivity index (χ2n) is 14.6. The molecule has 0 aromatic heterocycles. The van der Waals surface area contributed by atoms with E-state index in [1.165, 1.54) is 36.6 Å². The van der Waals surface area contributed by atoms with Crippen LogP contribution in [0.3, 0.4) is 0 Å². The second-order valence-corrected chi connectivity index (χ2v) is 16.7. The van der Waals surface area contributed by atoms with Gasteiger partial charge in [-0.25, -0.2) is 0 Å². The van der Waals surface area contributed by atoms with Crippen LogP contribution in [-0.4, -0.2) is 113 Å². The van der Waals surface area contributed by atoms with Crippen LogP contribution in [0, 0.1) is 23.2 Å². The monoisotopic (exact) mass is 750 g/mol. The van der Waals surface area contributed by atoms with Crippen molar-refractivity contribution in [2.45, 2.75) is 33.4 Å². The van der Waals surface area contributed by atoms with Crippen molar-refractivity contribution in [1.82, 2.24) is 14.7 Å². The van der Waals surface area contributed by atoms with Crippen LogP contribution < -0.4 is 9.80 Å². The van der Waals surface area contributed by atoms with Gasteiger partial charge in [-0.3, -0.25) is 4.90 Å². The molecule has 3 aliphatic heterocycles. The highest BCUT2D eigenvalue weighted by Crippen LogP contribution is 2.49. The van der Waals surface area contributed by atoms with E-state index in [4.69, 9.17) is 9.84 Å². The van der Waals surface area contributed by atoms with Crippen LogP contribution >= 0.6 is 23.5 Å². The fourth-order valence-corrected chi connectivity index (χ4v) is 9.60. The molecule has 0 saturated carbocycles. The number of ether oxygens (including phenoxy) is 1. The van der Waals surface area contributed by atoms with E-state index in [1.54, 1.807) is 11.8 Å². The number of aliphatic hydroxyl groups is 1. The number of para-hydroxylation sites is 3. The smallest absolute Gasteiger partial charge is 0.0992 e. The summed E-state index contributed by atoms with van der Waals surface area (Å²) in [6.45, 7) is 15.5. The summed E-state index contributed by atoms with van der Waals surface area (Å²) in [5.41, 5.74) is 5.78. The van der Waals surface area contributed by atoms with Crippen molar-refractivity contribution in [1.29, 1.82) is 5.26 Å². The molecule has 3 aliphatic rings. The van der Waals surface area contributed by atoms with E-state index in [0.29, 0.717) is 30.6 Å². The van der Waals surface area contributed by atoms with Crippen LogP contribution in [0.1, 0.15) is 19.4 Å². The molecular weight excluding hydrogens is 697 g/mol. The molecule has 1 fully saturated rings.